The molecular formula is C10H13N3O. The van der Waals surface area contributed by atoms with Crippen molar-refractivity contribution in [1.82, 2.24) is 9.78 Å². The number of anilines is 1. The first kappa shape index (κ1) is 8.87. The van der Waals surface area contributed by atoms with Crippen molar-refractivity contribution < 1.29 is 4.74 Å². The van der Waals surface area contributed by atoms with E-state index in [0.29, 0.717) is 11.4 Å². The van der Waals surface area contributed by atoms with E-state index >= 15 is 0 Å². The highest BCUT2D eigenvalue weighted by Gasteiger charge is 2.10. The SMILES string of the molecule is COc1cc(C)c2c(cnn2C)c1N. The van der Waals surface area contributed by atoms with Gasteiger partial charge in [-0.3, -0.25) is 4.68 Å². The maximum atomic E-state index is 5.93. The van der Waals surface area contributed by atoms with E-state index in [-0.39, 0.29) is 0 Å². The lowest BCUT2D eigenvalue weighted by atomic mass is 10.1. The molecule has 0 atom stereocenters. The molecule has 2 N–H and O–H groups in total. The predicted octanol–water partition coefficient (Wildman–Crippen LogP) is 1.47. The van der Waals surface area contributed by atoms with Gasteiger partial charge in [-0.15, -0.1) is 0 Å². The molecular weight excluding hydrogens is 178 g/mol. The fourth-order valence-corrected chi connectivity index (χ4v) is 1.75. The maximum Gasteiger partial charge on any atom is 0.142 e. The number of methoxy groups -OCH3 is 1. The molecule has 1 aromatic heterocycles. The van der Waals surface area contributed by atoms with Gasteiger partial charge >= 0.3 is 0 Å². The van der Waals surface area contributed by atoms with Crippen LogP contribution in [0.25, 0.3) is 10.9 Å². The average Bonchev–Trinajstić information content (AvgIpc) is 2.54. The van der Waals surface area contributed by atoms with E-state index in [4.69, 9.17) is 10.5 Å². The highest BCUT2D eigenvalue weighted by molar-refractivity contribution is 5.95. The third-order valence-electron chi connectivity index (χ3n) is 2.44. The second-order valence-electron chi connectivity index (χ2n) is 3.34. The summed E-state index contributed by atoms with van der Waals surface area (Å²) in [5.74, 6) is 0.711. The molecule has 0 amide bonds. The summed E-state index contributed by atoms with van der Waals surface area (Å²) in [7, 11) is 3.52. The van der Waals surface area contributed by atoms with Crippen molar-refractivity contribution in [3.63, 3.8) is 0 Å². The molecule has 0 aliphatic carbocycles. The Kier molecular flexibility index (Phi) is 1.84. The Bertz CT molecular complexity index is 488. The number of nitrogens with two attached hydrogens (primary N) is 1. The van der Waals surface area contributed by atoms with E-state index < -0.39 is 0 Å². The van der Waals surface area contributed by atoms with E-state index in [1.54, 1.807) is 13.3 Å². The Morgan fingerprint density at radius 2 is 2.21 bits per heavy atom. The number of hydrogen-bond acceptors (Lipinski definition) is 3. The highest BCUT2D eigenvalue weighted by atomic mass is 16.5. The van der Waals surface area contributed by atoms with Crippen LogP contribution in [0.1, 0.15) is 5.56 Å². The monoisotopic (exact) mass is 191 g/mol. The number of rotatable bonds is 1. The van der Waals surface area contributed by atoms with Crippen LogP contribution < -0.4 is 10.5 Å². The molecule has 1 aromatic carbocycles. The van der Waals surface area contributed by atoms with Gasteiger partial charge in [-0.05, 0) is 18.6 Å². The van der Waals surface area contributed by atoms with Gasteiger partial charge < -0.3 is 10.5 Å². The number of fused-ring (bicyclic) bond motifs is 1. The third-order valence-corrected chi connectivity index (χ3v) is 2.44. The molecule has 1 heterocycles. The van der Waals surface area contributed by atoms with Crippen LogP contribution in [0.15, 0.2) is 12.3 Å². The lowest BCUT2D eigenvalue weighted by Gasteiger charge is -2.08. The molecule has 0 aliphatic heterocycles. The molecule has 0 saturated carbocycles. The third kappa shape index (κ3) is 1.04. The van der Waals surface area contributed by atoms with E-state index in [1.807, 2.05) is 24.7 Å². The van der Waals surface area contributed by atoms with Crippen molar-refractivity contribution in [3.05, 3.63) is 17.8 Å². The quantitative estimate of drug-likeness (QED) is 0.694. The molecule has 0 aliphatic rings. The van der Waals surface area contributed by atoms with Gasteiger partial charge in [0.1, 0.15) is 5.75 Å². The summed E-state index contributed by atoms with van der Waals surface area (Å²) in [5, 5.41) is 5.12. The van der Waals surface area contributed by atoms with Crippen molar-refractivity contribution in [3.8, 4) is 5.75 Å². The topological polar surface area (TPSA) is 53.1 Å². The van der Waals surface area contributed by atoms with Crippen molar-refractivity contribution in [2.75, 3.05) is 12.8 Å². The van der Waals surface area contributed by atoms with Gasteiger partial charge in [0.25, 0.3) is 0 Å². The summed E-state index contributed by atoms with van der Waals surface area (Å²) < 4.78 is 7.00. The fraction of sp³-hybridized carbons (Fsp3) is 0.300. The summed E-state index contributed by atoms with van der Waals surface area (Å²) in [5.41, 5.74) is 8.76. The zero-order valence-corrected chi connectivity index (χ0v) is 8.53. The first-order valence-corrected chi connectivity index (χ1v) is 4.40. The molecule has 2 aromatic rings. The highest BCUT2D eigenvalue weighted by Crippen LogP contribution is 2.32. The van der Waals surface area contributed by atoms with Crippen LogP contribution in [0.2, 0.25) is 0 Å². The molecule has 0 saturated heterocycles. The molecule has 0 unspecified atom stereocenters. The largest absolute Gasteiger partial charge is 0.495 e. The molecule has 0 bridgehead atoms. The first-order valence-electron chi connectivity index (χ1n) is 4.40. The fourth-order valence-electron chi connectivity index (χ4n) is 1.75. The summed E-state index contributed by atoms with van der Waals surface area (Å²) in [6.07, 6.45) is 1.76. The molecule has 74 valence electrons. The van der Waals surface area contributed by atoms with Crippen LogP contribution in [-0.2, 0) is 7.05 Å². The number of ether oxygens (including phenoxy) is 1. The number of nitrogen functional groups attached to an aromatic ring is 1. The van der Waals surface area contributed by atoms with Gasteiger partial charge in [-0.1, -0.05) is 0 Å². The van der Waals surface area contributed by atoms with Crippen LogP contribution in [0.3, 0.4) is 0 Å². The Hall–Kier alpha value is -1.71. The number of aryl methyl sites for hydroxylation is 2. The zero-order valence-electron chi connectivity index (χ0n) is 8.53. The minimum absolute atomic E-state index is 0.654. The number of benzene rings is 1. The maximum absolute atomic E-state index is 5.93. The standard InChI is InChI=1S/C10H13N3O/c1-6-4-8(14-3)9(11)7-5-12-13(2)10(6)7/h4-5H,11H2,1-3H3. The number of nitrogens with zero attached hydrogens (tertiary/aromatic N) is 2. The second-order valence-corrected chi connectivity index (χ2v) is 3.34. The molecule has 4 heteroatoms. The minimum atomic E-state index is 0.654. The van der Waals surface area contributed by atoms with Crippen molar-refractivity contribution in [2.45, 2.75) is 6.92 Å². The lowest BCUT2D eigenvalue weighted by molar-refractivity contribution is 0.417. The number of aromatic nitrogens is 2. The lowest BCUT2D eigenvalue weighted by Crippen LogP contribution is -1.96. The summed E-state index contributed by atoms with van der Waals surface area (Å²) >= 11 is 0. The van der Waals surface area contributed by atoms with E-state index in [2.05, 4.69) is 5.10 Å². The van der Waals surface area contributed by atoms with E-state index in [1.165, 1.54) is 0 Å². The van der Waals surface area contributed by atoms with Crippen LogP contribution in [0.5, 0.6) is 5.75 Å². The Morgan fingerprint density at radius 1 is 1.50 bits per heavy atom. The van der Waals surface area contributed by atoms with Crippen LogP contribution >= 0.6 is 0 Å². The van der Waals surface area contributed by atoms with Crippen LogP contribution in [-0.4, -0.2) is 16.9 Å². The van der Waals surface area contributed by atoms with E-state index in [9.17, 15) is 0 Å². The normalized spacial score (nSPS) is 10.8. The summed E-state index contributed by atoms with van der Waals surface area (Å²) in [4.78, 5) is 0. The predicted molar refractivity (Wildman–Crippen MR) is 56.4 cm³/mol. The molecule has 0 fully saturated rings. The Balaban J connectivity index is 2.89. The first-order chi connectivity index (χ1) is 6.65. The molecule has 0 radical (unpaired) electrons. The van der Waals surface area contributed by atoms with Crippen LogP contribution in [0.4, 0.5) is 5.69 Å². The van der Waals surface area contributed by atoms with Gasteiger partial charge in [0.15, 0.2) is 0 Å². The zero-order chi connectivity index (χ0) is 10.3. The Morgan fingerprint density at radius 3 is 2.86 bits per heavy atom. The second kappa shape index (κ2) is 2.90. The van der Waals surface area contributed by atoms with Crippen LogP contribution in [0, 0.1) is 6.92 Å². The molecule has 2 rings (SSSR count). The van der Waals surface area contributed by atoms with Gasteiger partial charge in [0.2, 0.25) is 0 Å². The minimum Gasteiger partial charge on any atom is -0.495 e. The molecule has 14 heavy (non-hydrogen) atoms. The average molecular weight is 191 g/mol. The summed E-state index contributed by atoms with van der Waals surface area (Å²) in [6, 6.07) is 1.93. The van der Waals surface area contributed by atoms with Gasteiger partial charge in [0, 0.05) is 12.4 Å². The Labute approximate surface area is 82.3 Å². The van der Waals surface area contributed by atoms with Crippen molar-refractivity contribution in [1.29, 1.82) is 0 Å². The molecule has 4 nitrogen and oxygen atoms in total. The molecule has 0 spiro atoms. The van der Waals surface area contributed by atoms with E-state index in [0.717, 1.165) is 16.5 Å². The van der Waals surface area contributed by atoms with Crippen molar-refractivity contribution >= 4 is 16.6 Å². The smallest absolute Gasteiger partial charge is 0.142 e. The van der Waals surface area contributed by atoms with Crippen molar-refractivity contribution in [2.24, 2.45) is 7.05 Å². The van der Waals surface area contributed by atoms with Gasteiger partial charge in [0.05, 0.1) is 24.5 Å². The summed E-state index contributed by atoms with van der Waals surface area (Å²) in [6.45, 7) is 2.02. The van der Waals surface area contributed by atoms with Gasteiger partial charge in [-0.25, -0.2) is 0 Å². The number of hydrogen-bond donors (Lipinski definition) is 1. The van der Waals surface area contributed by atoms with Gasteiger partial charge in [-0.2, -0.15) is 5.10 Å².